The van der Waals surface area contributed by atoms with E-state index in [0.717, 1.165) is 4.41 Å². The lowest BCUT2D eigenvalue weighted by atomic mass is 10.1. The molecule has 0 saturated carbocycles. The van der Waals surface area contributed by atoms with Crippen LogP contribution in [0.2, 0.25) is 0 Å². The quantitative estimate of drug-likeness (QED) is 0.401. The van der Waals surface area contributed by atoms with E-state index >= 15 is 0 Å². The van der Waals surface area contributed by atoms with Crippen LogP contribution in [0.15, 0.2) is 5.10 Å². The molecule has 1 fully saturated rings. The lowest BCUT2D eigenvalue weighted by molar-refractivity contribution is -0.114. The van der Waals surface area contributed by atoms with Gasteiger partial charge in [-0.05, 0) is 0 Å². The van der Waals surface area contributed by atoms with E-state index in [4.69, 9.17) is 11.1 Å². The summed E-state index contributed by atoms with van der Waals surface area (Å²) in [5, 5.41) is 10.3. The number of hydrazone groups is 1. The van der Waals surface area contributed by atoms with Crippen LogP contribution in [0.3, 0.4) is 0 Å². The predicted octanol–water partition coefficient (Wildman–Crippen LogP) is -1.92. The maximum absolute atomic E-state index is 11.1. The summed E-state index contributed by atoms with van der Waals surface area (Å²) in [7, 11) is -3.45. The van der Waals surface area contributed by atoms with Gasteiger partial charge in [0.15, 0.2) is 10.9 Å². The molecule has 7 nitrogen and oxygen atoms in total. The van der Waals surface area contributed by atoms with Crippen LogP contribution in [0.1, 0.15) is 0 Å². The van der Waals surface area contributed by atoms with Crippen LogP contribution in [0.4, 0.5) is 0 Å². The molecule has 8 heteroatoms. The molecule has 3 heterocycles. The molecule has 3 rings (SSSR count). The van der Waals surface area contributed by atoms with Gasteiger partial charge in [-0.25, -0.2) is 0 Å². The van der Waals surface area contributed by atoms with E-state index in [0.29, 0.717) is 0 Å². The minimum Gasteiger partial charge on any atom is -0.381 e. The number of ketones is 1. The van der Waals surface area contributed by atoms with Gasteiger partial charge >= 0.3 is 0 Å². The van der Waals surface area contributed by atoms with Crippen molar-refractivity contribution in [1.29, 1.82) is 5.41 Å². The lowest BCUT2D eigenvalue weighted by Crippen LogP contribution is -2.36. The van der Waals surface area contributed by atoms with Crippen LogP contribution >= 0.6 is 0 Å². The number of sulfonamides is 1. The fourth-order valence-corrected chi connectivity index (χ4v) is 2.68. The van der Waals surface area contributed by atoms with Gasteiger partial charge in [0.1, 0.15) is 5.92 Å². The molecule has 0 aromatic rings. The normalized spacial score (nSPS) is 27.8. The molecule has 3 N–H and O–H groups in total. The number of nitrogens with two attached hydrogens (primary N) is 1. The van der Waals surface area contributed by atoms with Crippen molar-refractivity contribution in [2.45, 2.75) is 0 Å². The number of Topliss-reactive ketones (excluding diaryl/α,β-unsaturated/α-hetero) is 1. The van der Waals surface area contributed by atoms with E-state index < -0.39 is 27.6 Å². The number of fused-ring (bicyclic) bond motifs is 1. The minimum absolute atomic E-state index is 0.00389. The van der Waals surface area contributed by atoms with Crippen molar-refractivity contribution >= 4 is 26.7 Å². The highest BCUT2D eigenvalue weighted by molar-refractivity contribution is 8.06. The van der Waals surface area contributed by atoms with Gasteiger partial charge < -0.3 is 5.73 Å². The Bertz CT molecular complexity index is 437. The highest BCUT2D eigenvalue weighted by Crippen LogP contribution is 2.32. The summed E-state index contributed by atoms with van der Waals surface area (Å²) in [6.45, 7) is -0.00389. The van der Waals surface area contributed by atoms with Crippen molar-refractivity contribution in [1.82, 2.24) is 4.41 Å². The summed E-state index contributed by atoms with van der Waals surface area (Å²) in [6, 6.07) is 0. The number of hydrogen-bond acceptors (Lipinski definition) is 5. The molecule has 2 bridgehead atoms. The maximum Gasteiger partial charge on any atom is 0.295 e. The Morgan fingerprint density at radius 2 is 2.31 bits per heavy atom. The summed E-state index contributed by atoms with van der Waals surface area (Å²) >= 11 is 0. The number of hydrogen-bond donors (Lipinski definition) is 2. The second-order valence-electron chi connectivity index (χ2n) is 2.78. The highest BCUT2D eigenvalue weighted by Gasteiger charge is 2.54. The van der Waals surface area contributed by atoms with Crippen molar-refractivity contribution in [2.75, 3.05) is 6.54 Å². The van der Waals surface area contributed by atoms with Gasteiger partial charge in [0.05, 0.1) is 6.54 Å². The summed E-state index contributed by atoms with van der Waals surface area (Å²) in [5.74, 6) is -2.17. The Kier molecular flexibility index (Phi) is 1.31. The van der Waals surface area contributed by atoms with Gasteiger partial charge in [-0.1, -0.05) is 0 Å². The Balaban J connectivity index is 2.31. The average molecular weight is 202 g/mol. The number of amidine groups is 1. The number of nitrogens with zero attached hydrogens (tertiary/aromatic N) is 2. The molecular weight excluding hydrogens is 196 g/mol. The largest absolute Gasteiger partial charge is 0.381 e. The topological polar surface area (TPSA) is 117 Å². The van der Waals surface area contributed by atoms with Crippen LogP contribution in [0, 0.1) is 11.3 Å². The molecule has 3 aliphatic rings. The Hall–Kier alpha value is -1.44. The average Bonchev–Trinajstić information content (AvgIpc) is 2.57. The second-order valence-corrected chi connectivity index (χ2v) is 4.57. The van der Waals surface area contributed by atoms with E-state index in [1.165, 1.54) is 0 Å². The van der Waals surface area contributed by atoms with Crippen molar-refractivity contribution in [3.63, 3.8) is 0 Å². The fraction of sp³-hybridized carbons (Fsp3) is 0.400. The molecule has 13 heavy (non-hydrogen) atoms. The molecular formula is C5H6N4O3S. The van der Waals surface area contributed by atoms with Gasteiger partial charge in [0, 0.05) is 0 Å². The van der Waals surface area contributed by atoms with Crippen LogP contribution in [0.25, 0.3) is 0 Å². The fourth-order valence-electron chi connectivity index (χ4n) is 1.30. The number of rotatable bonds is 2. The highest BCUT2D eigenvalue weighted by atomic mass is 32.2. The smallest absolute Gasteiger partial charge is 0.295 e. The molecule has 0 amide bonds. The first-order valence-electron chi connectivity index (χ1n) is 3.44. The molecule has 0 aromatic carbocycles. The first-order chi connectivity index (χ1) is 5.94. The number of carbonyl (C=O) groups is 1. The van der Waals surface area contributed by atoms with Crippen molar-refractivity contribution in [3.8, 4) is 0 Å². The molecule has 3 aliphatic heterocycles. The maximum atomic E-state index is 11.1. The third kappa shape index (κ3) is 0.829. The number of nitrogens with one attached hydrogen (secondary N) is 1. The van der Waals surface area contributed by atoms with Gasteiger partial charge in [0.2, 0.25) is 5.78 Å². The van der Waals surface area contributed by atoms with Crippen molar-refractivity contribution in [2.24, 2.45) is 16.8 Å². The Morgan fingerprint density at radius 1 is 1.69 bits per heavy atom. The predicted molar refractivity (Wildman–Crippen MR) is 43.5 cm³/mol. The zero-order valence-corrected chi connectivity index (χ0v) is 7.21. The van der Waals surface area contributed by atoms with E-state index in [1.807, 2.05) is 0 Å². The third-order valence-electron chi connectivity index (χ3n) is 1.97. The number of carbonyl (C=O) groups excluding carboxylic acids is 1. The van der Waals surface area contributed by atoms with Crippen LogP contribution in [-0.2, 0) is 14.8 Å². The molecule has 0 spiro atoms. The minimum atomic E-state index is -3.45. The van der Waals surface area contributed by atoms with Crippen molar-refractivity contribution < 1.29 is 13.2 Å². The first kappa shape index (κ1) is 8.17. The summed E-state index contributed by atoms with van der Waals surface area (Å²) < 4.78 is 23.0. The van der Waals surface area contributed by atoms with E-state index in [2.05, 4.69) is 5.10 Å². The summed E-state index contributed by atoms with van der Waals surface area (Å²) in [6.07, 6.45) is 0. The van der Waals surface area contributed by atoms with Crippen LogP contribution in [0.5, 0.6) is 0 Å². The van der Waals surface area contributed by atoms with E-state index in [1.54, 1.807) is 0 Å². The molecule has 0 radical (unpaired) electrons. The van der Waals surface area contributed by atoms with Crippen molar-refractivity contribution in [3.05, 3.63) is 0 Å². The third-order valence-corrected chi connectivity index (χ3v) is 3.65. The zero-order chi connectivity index (χ0) is 9.80. The van der Waals surface area contributed by atoms with Crippen LogP contribution in [-0.4, -0.2) is 36.0 Å². The second kappa shape index (κ2) is 2.08. The summed E-state index contributed by atoms with van der Waals surface area (Å²) in [4.78, 5) is 11.1. The molecule has 0 aliphatic carbocycles. The lowest BCUT2D eigenvalue weighted by Gasteiger charge is -2.15. The monoisotopic (exact) mass is 202 g/mol. The molecule has 1 saturated heterocycles. The van der Waals surface area contributed by atoms with Crippen LogP contribution < -0.4 is 5.73 Å². The first-order valence-corrected chi connectivity index (χ1v) is 4.88. The van der Waals surface area contributed by atoms with Gasteiger partial charge in [-0.15, -0.1) is 0 Å². The standard InChI is InChI=1S/C5H6N4O3S/c6-4(7)3(10)2-1-9-8-5(2)13(9,11)12/h2H,1H2,(H3,6,7). The summed E-state index contributed by atoms with van der Waals surface area (Å²) in [5.41, 5.74) is 4.95. The van der Waals surface area contributed by atoms with E-state index in [9.17, 15) is 13.2 Å². The SMILES string of the molecule is N=C(N)C(=O)C1CN2N=C1S2(=O)=O. The molecule has 0 aromatic heterocycles. The molecule has 70 valence electrons. The van der Waals surface area contributed by atoms with Gasteiger partial charge in [-0.2, -0.15) is 17.9 Å². The zero-order valence-electron chi connectivity index (χ0n) is 6.39. The Labute approximate surface area is 73.8 Å². The molecule has 1 unspecified atom stereocenters. The van der Waals surface area contributed by atoms with Gasteiger partial charge in [0.25, 0.3) is 10.0 Å². The van der Waals surface area contributed by atoms with Gasteiger partial charge in [-0.3, -0.25) is 10.2 Å². The van der Waals surface area contributed by atoms with E-state index in [-0.39, 0.29) is 11.6 Å². The molecule has 1 atom stereocenters. The Morgan fingerprint density at radius 3 is 2.62 bits per heavy atom.